The van der Waals surface area contributed by atoms with Gasteiger partial charge in [-0.25, -0.2) is 4.79 Å². The molecule has 192 valence electrons. The number of methoxy groups -OCH3 is 1. The average Bonchev–Trinajstić information content (AvgIpc) is 3.46. The van der Waals surface area contributed by atoms with Gasteiger partial charge in [0.1, 0.15) is 16.4 Å². The summed E-state index contributed by atoms with van der Waals surface area (Å²) < 4.78 is 7.04. The Labute approximate surface area is 221 Å². The van der Waals surface area contributed by atoms with E-state index in [9.17, 15) is 9.59 Å². The molecule has 1 saturated carbocycles. The first kappa shape index (κ1) is 26.4. The van der Waals surface area contributed by atoms with Crippen molar-refractivity contribution in [3.8, 4) is 11.1 Å². The standard InChI is InChI=1S/C27H34N4O3S2/c1-17-10-11-18(2)20(14-17)21-15-35-25(24(21)26(33)34-4)28-23(32)16-36-27-30-29-22(31(27)3)13-12-19-8-6-5-7-9-19/h10-11,14-15,19H,5-9,12-13,16H2,1-4H3,(H,28,32). The SMILES string of the molecule is COC(=O)c1c(-c2cc(C)ccc2C)csc1NC(=O)CSc1nnc(CCC2CCCCC2)n1C. The number of ether oxygens (including phenoxy) is 1. The Morgan fingerprint density at radius 1 is 1.17 bits per heavy atom. The van der Waals surface area contributed by atoms with Crippen LogP contribution in [0.4, 0.5) is 5.00 Å². The highest BCUT2D eigenvalue weighted by Gasteiger charge is 2.24. The summed E-state index contributed by atoms with van der Waals surface area (Å²) in [6, 6.07) is 6.12. The smallest absolute Gasteiger partial charge is 0.341 e. The van der Waals surface area contributed by atoms with Crippen LogP contribution in [0.5, 0.6) is 0 Å². The molecule has 1 aromatic carbocycles. The third-order valence-corrected chi connectivity index (χ3v) is 8.79. The number of thiophene rings is 1. The average molecular weight is 527 g/mol. The maximum Gasteiger partial charge on any atom is 0.341 e. The van der Waals surface area contributed by atoms with E-state index in [2.05, 4.69) is 15.5 Å². The van der Waals surface area contributed by atoms with Gasteiger partial charge in [-0.15, -0.1) is 21.5 Å². The summed E-state index contributed by atoms with van der Waals surface area (Å²) in [5, 5.41) is 14.7. The van der Waals surface area contributed by atoms with Crippen LogP contribution in [0.3, 0.4) is 0 Å². The fraction of sp³-hybridized carbons (Fsp3) is 0.481. The van der Waals surface area contributed by atoms with Crippen molar-refractivity contribution in [1.82, 2.24) is 14.8 Å². The number of carbonyl (C=O) groups excluding carboxylic acids is 2. The maximum atomic E-state index is 12.8. The van der Waals surface area contributed by atoms with E-state index in [0.717, 1.165) is 52.0 Å². The molecule has 7 nitrogen and oxygen atoms in total. The molecule has 0 spiro atoms. The Morgan fingerprint density at radius 3 is 2.69 bits per heavy atom. The van der Waals surface area contributed by atoms with E-state index in [1.807, 2.05) is 49.0 Å². The van der Waals surface area contributed by atoms with Crippen molar-refractivity contribution in [2.24, 2.45) is 13.0 Å². The van der Waals surface area contributed by atoms with Gasteiger partial charge in [0.2, 0.25) is 5.91 Å². The summed E-state index contributed by atoms with van der Waals surface area (Å²) in [4.78, 5) is 25.5. The molecule has 0 unspecified atom stereocenters. The van der Waals surface area contributed by atoms with E-state index < -0.39 is 5.97 Å². The van der Waals surface area contributed by atoms with Gasteiger partial charge in [0, 0.05) is 24.4 Å². The van der Waals surface area contributed by atoms with Crippen LogP contribution >= 0.6 is 23.1 Å². The van der Waals surface area contributed by atoms with Gasteiger partial charge in [0.15, 0.2) is 5.16 Å². The Balaban J connectivity index is 1.41. The molecule has 4 rings (SSSR count). The molecule has 0 bridgehead atoms. The summed E-state index contributed by atoms with van der Waals surface area (Å²) >= 11 is 2.68. The van der Waals surface area contributed by atoms with Crippen molar-refractivity contribution in [1.29, 1.82) is 0 Å². The van der Waals surface area contributed by atoms with Crippen LogP contribution in [-0.4, -0.2) is 39.5 Å². The third-order valence-electron chi connectivity index (χ3n) is 6.88. The summed E-state index contributed by atoms with van der Waals surface area (Å²) in [7, 11) is 3.32. The maximum absolute atomic E-state index is 12.8. The lowest BCUT2D eigenvalue weighted by Crippen LogP contribution is -2.16. The zero-order valence-corrected chi connectivity index (χ0v) is 23.1. The van der Waals surface area contributed by atoms with Crippen molar-refractivity contribution in [3.63, 3.8) is 0 Å². The summed E-state index contributed by atoms with van der Waals surface area (Å²) in [5.41, 5.74) is 4.27. The second kappa shape index (κ2) is 12.1. The van der Waals surface area contributed by atoms with Gasteiger partial charge in [-0.2, -0.15) is 0 Å². The fourth-order valence-corrected chi connectivity index (χ4v) is 6.46. The molecule has 1 N–H and O–H groups in total. The lowest BCUT2D eigenvalue weighted by molar-refractivity contribution is -0.113. The lowest BCUT2D eigenvalue weighted by atomic mass is 9.86. The Hall–Kier alpha value is -2.65. The number of nitrogens with one attached hydrogen (secondary N) is 1. The number of nitrogens with zero attached hydrogens (tertiary/aromatic N) is 3. The molecule has 1 aliphatic rings. The molecular weight excluding hydrogens is 492 g/mol. The molecule has 0 aliphatic heterocycles. The van der Waals surface area contributed by atoms with Crippen LogP contribution in [0.15, 0.2) is 28.7 Å². The van der Waals surface area contributed by atoms with Crippen molar-refractivity contribution < 1.29 is 14.3 Å². The number of benzene rings is 1. The normalized spacial score (nSPS) is 14.1. The largest absolute Gasteiger partial charge is 0.465 e. The van der Waals surface area contributed by atoms with Gasteiger partial charge in [0.05, 0.1) is 12.9 Å². The summed E-state index contributed by atoms with van der Waals surface area (Å²) in [6.07, 6.45) is 8.75. The number of hydrogen-bond acceptors (Lipinski definition) is 7. The van der Waals surface area contributed by atoms with Crippen molar-refractivity contribution >= 4 is 40.0 Å². The zero-order chi connectivity index (χ0) is 25.7. The lowest BCUT2D eigenvalue weighted by Gasteiger charge is -2.20. The molecule has 9 heteroatoms. The van der Waals surface area contributed by atoms with E-state index in [4.69, 9.17) is 4.74 Å². The molecule has 1 aliphatic carbocycles. The van der Waals surface area contributed by atoms with Crippen LogP contribution in [-0.2, 0) is 23.0 Å². The van der Waals surface area contributed by atoms with Gasteiger partial charge >= 0.3 is 5.97 Å². The molecular formula is C27H34N4O3S2. The summed E-state index contributed by atoms with van der Waals surface area (Å²) in [5.74, 6) is 1.26. The molecule has 36 heavy (non-hydrogen) atoms. The molecule has 1 amide bonds. The van der Waals surface area contributed by atoms with Gasteiger partial charge in [0.25, 0.3) is 0 Å². The minimum atomic E-state index is -0.467. The first-order valence-electron chi connectivity index (χ1n) is 12.5. The van der Waals surface area contributed by atoms with E-state index >= 15 is 0 Å². The Bertz CT molecular complexity index is 1230. The monoisotopic (exact) mass is 526 g/mol. The second-order valence-electron chi connectivity index (χ2n) is 9.50. The number of hydrogen-bond donors (Lipinski definition) is 1. The van der Waals surface area contributed by atoms with Crippen molar-refractivity contribution in [3.05, 3.63) is 46.1 Å². The van der Waals surface area contributed by atoms with Crippen LogP contribution in [0, 0.1) is 19.8 Å². The Kier molecular flexibility index (Phi) is 8.85. The van der Waals surface area contributed by atoms with E-state index in [1.54, 1.807) is 0 Å². The number of anilines is 1. The van der Waals surface area contributed by atoms with Crippen LogP contribution in [0.1, 0.15) is 65.8 Å². The molecule has 3 aromatic rings. The highest BCUT2D eigenvalue weighted by atomic mass is 32.2. The second-order valence-corrected chi connectivity index (χ2v) is 11.3. The predicted molar refractivity (Wildman–Crippen MR) is 146 cm³/mol. The van der Waals surface area contributed by atoms with Gasteiger partial charge in [-0.05, 0) is 37.3 Å². The minimum absolute atomic E-state index is 0.173. The number of esters is 1. The number of carbonyl (C=O) groups is 2. The van der Waals surface area contributed by atoms with Gasteiger partial charge < -0.3 is 14.6 Å². The number of thioether (sulfide) groups is 1. The van der Waals surface area contributed by atoms with Crippen LogP contribution < -0.4 is 5.32 Å². The van der Waals surface area contributed by atoms with E-state index in [-0.39, 0.29) is 11.7 Å². The number of aryl methyl sites for hydroxylation is 3. The van der Waals surface area contributed by atoms with Crippen LogP contribution in [0.2, 0.25) is 0 Å². The number of amides is 1. The quantitative estimate of drug-likeness (QED) is 0.264. The topological polar surface area (TPSA) is 86.1 Å². The molecule has 0 radical (unpaired) electrons. The number of aromatic nitrogens is 3. The minimum Gasteiger partial charge on any atom is -0.465 e. The van der Waals surface area contributed by atoms with Crippen molar-refractivity contribution in [2.75, 3.05) is 18.2 Å². The first-order chi connectivity index (χ1) is 17.4. The van der Waals surface area contributed by atoms with Gasteiger partial charge in [-0.3, -0.25) is 4.79 Å². The van der Waals surface area contributed by atoms with Crippen LogP contribution in [0.25, 0.3) is 11.1 Å². The summed E-state index contributed by atoms with van der Waals surface area (Å²) in [6.45, 7) is 4.02. The highest BCUT2D eigenvalue weighted by molar-refractivity contribution is 7.99. The molecule has 0 saturated heterocycles. The fourth-order valence-electron chi connectivity index (χ4n) is 4.77. The Morgan fingerprint density at radius 2 is 1.94 bits per heavy atom. The molecule has 1 fully saturated rings. The van der Waals surface area contributed by atoms with Gasteiger partial charge in [-0.1, -0.05) is 67.6 Å². The molecule has 2 heterocycles. The zero-order valence-electron chi connectivity index (χ0n) is 21.4. The van der Waals surface area contributed by atoms with Crippen molar-refractivity contribution in [2.45, 2.75) is 63.9 Å². The molecule has 0 atom stereocenters. The third kappa shape index (κ3) is 6.18. The number of rotatable bonds is 9. The van der Waals surface area contributed by atoms with E-state index in [0.29, 0.717) is 10.6 Å². The molecule has 2 aromatic heterocycles. The predicted octanol–water partition coefficient (Wildman–Crippen LogP) is 6.19. The highest BCUT2D eigenvalue weighted by Crippen LogP contribution is 2.38. The first-order valence-corrected chi connectivity index (χ1v) is 14.3. The van der Waals surface area contributed by atoms with E-state index in [1.165, 1.54) is 62.3 Å².